The molecule has 0 amide bonds. The van der Waals surface area contributed by atoms with Crippen LogP contribution >= 0.6 is 11.3 Å². The Bertz CT molecular complexity index is 590. The van der Waals surface area contributed by atoms with E-state index in [-0.39, 0.29) is 5.75 Å². The van der Waals surface area contributed by atoms with Gasteiger partial charge in [-0.25, -0.2) is 4.98 Å². The van der Waals surface area contributed by atoms with Crippen molar-refractivity contribution in [1.29, 1.82) is 0 Å². The first-order chi connectivity index (χ1) is 9.18. The number of nitrogens with zero attached hydrogens (tertiary/aromatic N) is 1. The lowest BCUT2D eigenvalue weighted by molar-refractivity contribution is -0.274. The molecule has 1 aromatic heterocycles. The maximum atomic E-state index is 12.1. The molecule has 2 aromatic rings. The molecule has 0 saturated carbocycles. The van der Waals surface area contributed by atoms with E-state index in [1.54, 1.807) is 12.1 Å². The Labute approximate surface area is 118 Å². The summed E-state index contributed by atoms with van der Waals surface area (Å²) in [5.41, 5.74) is 6.78. The quantitative estimate of drug-likeness (QED) is 0.934. The molecule has 1 aromatic carbocycles. The van der Waals surface area contributed by atoms with Gasteiger partial charge in [0, 0.05) is 10.8 Å². The van der Waals surface area contributed by atoms with E-state index in [1.165, 1.54) is 23.5 Å². The zero-order valence-electron chi connectivity index (χ0n) is 10.9. The molecule has 0 radical (unpaired) electrons. The molecule has 20 heavy (non-hydrogen) atoms. The van der Waals surface area contributed by atoms with Gasteiger partial charge < -0.3 is 10.5 Å². The van der Waals surface area contributed by atoms with Crippen LogP contribution in [-0.4, -0.2) is 11.3 Å². The zero-order chi connectivity index (χ0) is 15.0. The lowest BCUT2D eigenvalue weighted by Crippen LogP contribution is -2.20. The number of anilines is 1. The number of nitrogen functional groups attached to an aromatic ring is 1. The van der Waals surface area contributed by atoms with Gasteiger partial charge >= 0.3 is 6.36 Å². The summed E-state index contributed by atoms with van der Waals surface area (Å²) in [5, 5.41) is 2.31. The van der Waals surface area contributed by atoms with Crippen molar-refractivity contribution in [3.63, 3.8) is 0 Å². The van der Waals surface area contributed by atoms with E-state index in [4.69, 9.17) is 5.73 Å². The summed E-state index contributed by atoms with van der Waals surface area (Å²) in [6, 6.07) is 5.77. The molecule has 1 heterocycles. The molecule has 108 valence electrons. The van der Waals surface area contributed by atoms with Crippen LogP contribution in [0.25, 0.3) is 0 Å². The molecule has 0 aliphatic carbocycles. The monoisotopic (exact) mass is 302 g/mol. The van der Waals surface area contributed by atoms with Crippen LogP contribution in [0.5, 0.6) is 5.75 Å². The Hall–Kier alpha value is -1.76. The number of rotatable bonds is 3. The fraction of sp³-hybridized carbons (Fsp3) is 0.308. The van der Waals surface area contributed by atoms with Crippen LogP contribution in [-0.2, 0) is 5.41 Å². The van der Waals surface area contributed by atoms with Gasteiger partial charge in [-0.3, -0.25) is 0 Å². The SMILES string of the molecule is CC(C)(c1ccc(OC(F)(F)F)cc1)c1csc(N)n1. The van der Waals surface area contributed by atoms with Gasteiger partial charge in [-0.1, -0.05) is 26.0 Å². The van der Waals surface area contributed by atoms with Gasteiger partial charge in [-0.05, 0) is 17.7 Å². The minimum Gasteiger partial charge on any atom is -0.406 e. The van der Waals surface area contributed by atoms with Crippen LogP contribution in [0.1, 0.15) is 25.1 Å². The van der Waals surface area contributed by atoms with E-state index in [2.05, 4.69) is 9.72 Å². The second-order valence-corrected chi connectivity index (χ2v) is 5.66. The number of aromatic nitrogens is 1. The average Bonchev–Trinajstić information content (AvgIpc) is 2.75. The van der Waals surface area contributed by atoms with Gasteiger partial charge in [0.15, 0.2) is 5.13 Å². The van der Waals surface area contributed by atoms with Crippen LogP contribution in [0.15, 0.2) is 29.6 Å². The van der Waals surface area contributed by atoms with Gasteiger partial charge in [0.2, 0.25) is 0 Å². The highest BCUT2D eigenvalue weighted by Gasteiger charge is 2.31. The smallest absolute Gasteiger partial charge is 0.406 e. The fourth-order valence-corrected chi connectivity index (χ4v) is 2.53. The number of alkyl halides is 3. The maximum Gasteiger partial charge on any atom is 0.573 e. The van der Waals surface area contributed by atoms with Gasteiger partial charge in [0.05, 0.1) is 5.69 Å². The number of halogens is 3. The Morgan fingerprint density at radius 1 is 1.15 bits per heavy atom. The molecule has 0 atom stereocenters. The van der Waals surface area contributed by atoms with Crippen molar-refractivity contribution in [2.24, 2.45) is 0 Å². The van der Waals surface area contributed by atoms with Crippen molar-refractivity contribution < 1.29 is 17.9 Å². The van der Waals surface area contributed by atoms with E-state index < -0.39 is 11.8 Å². The Morgan fingerprint density at radius 3 is 2.20 bits per heavy atom. The lowest BCUT2D eigenvalue weighted by Gasteiger charge is -2.23. The van der Waals surface area contributed by atoms with Crippen molar-refractivity contribution in [2.45, 2.75) is 25.6 Å². The van der Waals surface area contributed by atoms with Crippen LogP contribution < -0.4 is 10.5 Å². The molecular formula is C13H13F3N2OS. The van der Waals surface area contributed by atoms with Crippen LogP contribution in [0.3, 0.4) is 0 Å². The molecule has 7 heteroatoms. The molecule has 0 spiro atoms. The summed E-state index contributed by atoms with van der Waals surface area (Å²) in [6.45, 7) is 3.86. The molecular weight excluding hydrogens is 289 g/mol. The molecule has 0 aliphatic heterocycles. The number of ether oxygens (including phenoxy) is 1. The molecule has 3 nitrogen and oxygen atoms in total. The van der Waals surface area contributed by atoms with Crippen molar-refractivity contribution in [2.75, 3.05) is 5.73 Å². The standard InChI is InChI=1S/C13H13F3N2OS/c1-12(2,10-7-20-11(17)18-10)8-3-5-9(6-4-8)19-13(14,15)16/h3-7H,1-2H3,(H2,17,18). The summed E-state index contributed by atoms with van der Waals surface area (Å²) in [6.07, 6.45) is -4.68. The molecule has 0 bridgehead atoms. The first-order valence-corrected chi connectivity index (χ1v) is 6.64. The van der Waals surface area contributed by atoms with Gasteiger partial charge in [-0.2, -0.15) is 0 Å². The van der Waals surface area contributed by atoms with E-state index >= 15 is 0 Å². The Balaban J connectivity index is 2.25. The highest BCUT2D eigenvalue weighted by Crippen LogP contribution is 2.34. The third-order valence-electron chi connectivity index (χ3n) is 2.97. The van der Waals surface area contributed by atoms with Gasteiger partial charge in [0.1, 0.15) is 5.75 Å². The minimum atomic E-state index is -4.68. The van der Waals surface area contributed by atoms with E-state index in [0.717, 1.165) is 11.3 Å². The second-order valence-electron chi connectivity index (χ2n) is 4.77. The van der Waals surface area contributed by atoms with E-state index in [0.29, 0.717) is 5.13 Å². The minimum absolute atomic E-state index is 0.241. The third-order valence-corrected chi connectivity index (χ3v) is 3.65. The molecule has 2 N–H and O–H groups in total. The number of thiazole rings is 1. The first kappa shape index (κ1) is 14.6. The summed E-state index contributed by atoms with van der Waals surface area (Å²) < 4.78 is 40.1. The van der Waals surface area contributed by atoms with Gasteiger partial charge in [0.25, 0.3) is 0 Å². The number of benzene rings is 1. The van der Waals surface area contributed by atoms with Crippen molar-refractivity contribution >= 4 is 16.5 Å². The zero-order valence-corrected chi connectivity index (χ0v) is 11.7. The van der Waals surface area contributed by atoms with Crippen LogP contribution in [0, 0.1) is 0 Å². The average molecular weight is 302 g/mol. The molecule has 0 aliphatic rings. The van der Waals surface area contributed by atoms with E-state index in [9.17, 15) is 13.2 Å². The summed E-state index contributed by atoms with van der Waals surface area (Å²) in [7, 11) is 0. The lowest BCUT2D eigenvalue weighted by atomic mass is 9.82. The van der Waals surface area contributed by atoms with Crippen LogP contribution in [0.4, 0.5) is 18.3 Å². The second kappa shape index (κ2) is 4.97. The van der Waals surface area contributed by atoms with Crippen molar-refractivity contribution in [3.8, 4) is 5.75 Å². The number of hydrogen-bond donors (Lipinski definition) is 1. The summed E-state index contributed by atoms with van der Waals surface area (Å²) in [5.74, 6) is -0.241. The van der Waals surface area contributed by atoms with E-state index in [1.807, 2.05) is 19.2 Å². The topological polar surface area (TPSA) is 48.1 Å². The third kappa shape index (κ3) is 3.22. The van der Waals surface area contributed by atoms with Crippen molar-refractivity contribution in [3.05, 3.63) is 40.9 Å². The van der Waals surface area contributed by atoms with Gasteiger partial charge in [-0.15, -0.1) is 24.5 Å². The first-order valence-electron chi connectivity index (χ1n) is 5.76. The normalized spacial score (nSPS) is 12.4. The predicted octanol–water partition coefficient (Wildman–Crippen LogP) is 3.95. The molecule has 2 rings (SSSR count). The molecule has 0 fully saturated rings. The maximum absolute atomic E-state index is 12.1. The predicted molar refractivity (Wildman–Crippen MR) is 71.8 cm³/mol. The Kier molecular flexibility index (Phi) is 3.64. The Morgan fingerprint density at radius 2 is 1.75 bits per heavy atom. The van der Waals surface area contributed by atoms with Crippen LogP contribution in [0.2, 0.25) is 0 Å². The molecule has 0 unspecified atom stereocenters. The number of nitrogens with two attached hydrogens (primary N) is 1. The summed E-state index contributed by atoms with van der Waals surface area (Å²) in [4.78, 5) is 4.23. The summed E-state index contributed by atoms with van der Waals surface area (Å²) >= 11 is 1.33. The fourth-order valence-electron chi connectivity index (χ4n) is 1.80. The largest absolute Gasteiger partial charge is 0.573 e. The van der Waals surface area contributed by atoms with Crippen molar-refractivity contribution in [1.82, 2.24) is 4.98 Å². The number of hydrogen-bond acceptors (Lipinski definition) is 4. The molecule has 0 saturated heterocycles. The highest BCUT2D eigenvalue weighted by atomic mass is 32.1. The highest BCUT2D eigenvalue weighted by molar-refractivity contribution is 7.13.